The number of esters is 1. The normalized spacial score (nSPS) is 15.4. The van der Waals surface area contributed by atoms with Gasteiger partial charge in [-0.05, 0) is 68.8 Å². The Labute approximate surface area is 245 Å². The summed E-state index contributed by atoms with van der Waals surface area (Å²) >= 11 is 8.30. The molecule has 200 valence electrons. The van der Waals surface area contributed by atoms with Crippen LogP contribution in [0.15, 0.2) is 89.0 Å². The molecule has 0 saturated carbocycles. The van der Waals surface area contributed by atoms with Crippen LogP contribution in [0.1, 0.15) is 38.1 Å². The number of fused-ring (bicyclic) bond motifs is 1. The van der Waals surface area contributed by atoms with Crippen molar-refractivity contribution in [3.63, 3.8) is 0 Å². The molecule has 0 saturated heterocycles. The minimum absolute atomic E-state index is 0.282. The van der Waals surface area contributed by atoms with E-state index in [1.807, 2.05) is 54.6 Å². The fraction of sp³-hybridized carbons (Fsp3) is 0.207. The Morgan fingerprint density at radius 3 is 2.69 bits per heavy atom. The Kier molecular flexibility index (Phi) is 7.80. The van der Waals surface area contributed by atoms with Gasteiger partial charge in [0, 0.05) is 20.6 Å². The van der Waals surface area contributed by atoms with Gasteiger partial charge in [-0.15, -0.1) is 0 Å². The first-order valence-electron chi connectivity index (χ1n) is 12.1. The minimum Gasteiger partial charge on any atom is -0.497 e. The Bertz CT molecular complexity index is 1800. The van der Waals surface area contributed by atoms with E-state index in [0.29, 0.717) is 43.4 Å². The number of carbonyl (C=O) groups excluding carboxylic acids is 1. The summed E-state index contributed by atoms with van der Waals surface area (Å²) in [6, 6.07) is 16.1. The van der Waals surface area contributed by atoms with Gasteiger partial charge in [-0.2, -0.15) is 0 Å². The van der Waals surface area contributed by atoms with Crippen molar-refractivity contribution in [1.82, 2.24) is 4.57 Å². The molecule has 7 nitrogen and oxygen atoms in total. The first kappa shape index (κ1) is 27.4. The highest BCUT2D eigenvalue weighted by atomic mass is 79.9. The van der Waals surface area contributed by atoms with E-state index >= 15 is 0 Å². The van der Waals surface area contributed by atoms with Gasteiger partial charge in [0.05, 0.1) is 35.1 Å². The number of furan rings is 1. The summed E-state index contributed by atoms with van der Waals surface area (Å²) in [5.41, 5.74) is 2.13. The molecule has 1 aliphatic heterocycles. The number of methoxy groups -OCH3 is 1. The van der Waals surface area contributed by atoms with Crippen molar-refractivity contribution in [3.05, 3.63) is 106 Å². The van der Waals surface area contributed by atoms with Crippen molar-refractivity contribution >= 4 is 55.2 Å². The van der Waals surface area contributed by atoms with Crippen LogP contribution in [0.3, 0.4) is 0 Å². The van der Waals surface area contributed by atoms with E-state index in [0.717, 1.165) is 14.5 Å². The molecule has 0 unspecified atom stereocenters. The predicted octanol–water partition coefficient (Wildman–Crippen LogP) is 5.98. The molecular weight excluding hydrogens is 648 g/mol. The zero-order chi connectivity index (χ0) is 27.8. The SMILES string of the molecule is COc1cccc([C@H]2C(C(=O)OC(C)C)=C(C)N=c3s/c(=C\c4ccc(-c5cc(Br)ccc5Br)o4)c(=O)n32)c1. The lowest BCUT2D eigenvalue weighted by atomic mass is 9.95. The van der Waals surface area contributed by atoms with Crippen LogP contribution in [0.2, 0.25) is 0 Å². The van der Waals surface area contributed by atoms with E-state index in [-0.39, 0.29) is 11.7 Å². The Hall–Kier alpha value is -3.21. The number of halogens is 2. The number of rotatable bonds is 6. The van der Waals surface area contributed by atoms with Gasteiger partial charge in [-0.1, -0.05) is 55.3 Å². The highest BCUT2D eigenvalue weighted by Gasteiger charge is 2.34. The molecule has 0 spiro atoms. The summed E-state index contributed by atoms with van der Waals surface area (Å²) in [7, 11) is 1.57. The smallest absolute Gasteiger partial charge is 0.338 e. The summed E-state index contributed by atoms with van der Waals surface area (Å²) in [6.45, 7) is 5.33. The van der Waals surface area contributed by atoms with Gasteiger partial charge in [-0.25, -0.2) is 9.79 Å². The zero-order valence-corrected chi connectivity index (χ0v) is 25.5. The van der Waals surface area contributed by atoms with E-state index in [2.05, 4.69) is 36.9 Å². The third-order valence-corrected chi connectivity index (χ3v) is 8.26. The monoisotopic (exact) mass is 670 g/mol. The third kappa shape index (κ3) is 5.46. The van der Waals surface area contributed by atoms with Gasteiger partial charge in [0.1, 0.15) is 17.3 Å². The number of hydrogen-bond acceptors (Lipinski definition) is 7. The number of carbonyl (C=O) groups is 1. The van der Waals surface area contributed by atoms with E-state index in [9.17, 15) is 9.59 Å². The summed E-state index contributed by atoms with van der Waals surface area (Å²) in [6.07, 6.45) is 1.37. The van der Waals surface area contributed by atoms with E-state index in [1.54, 1.807) is 38.5 Å². The average Bonchev–Trinajstić information content (AvgIpc) is 3.48. The summed E-state index contributed by atoms with van der Waals surface area (Å²) in [5.74, 6) is 1.28. The first-order valence-corrected chi connectivity index (χ1v) is 14.5. The van der Waals surface area contributed by atoms with Crippen LogP contribution in [0.4, 0.5) is 0 Å². The summed E-state index contributed by atoms with van der Waals surface area (Å²) in [4.78, 5) is 32.2. The molecule has 0 fully saturated rings. The molecule has 5 rings (SSSR count). The van der Waals surface area contributed by atoms with Crippen LogP contribution in [0.25, 0.3) is 17.4 Å². The van der Waals surface area contributed by atoms with Crippen molar-refractivity contribution < 1.29 is 18.7 Å². The molecule has 39 heavy (non-hydrogen) atoms. The number of ether oxygens (including phenoxy) is 2. The van der Waals surface area contributed by atoms with E-state index in [1.165, 1.54) is 11.3 Å². The predicted molar refractivity (Wildman–Crippen MR) is 158 cm³/mol. The van der Waals surface area contributed by atoms with Gasteiger partial charge in [0.25, 0.3) is 5.56 Å². The second-order valence-electron chi connectivity index (χ2n) is 9.14. The van der Waals surface area contributed by atoms with Crippen molar-refractivity contribution in [2.24, 2.45) is 4.99 Å². The van der Waals surface area contributed by atoms with E-state index in [4.69, 9.17) is 13.9 Å². The Balaban J connectivity index is 1.65. The van der Waals surface area contributed by atoms with Gasteiger partial charge in [0.15, 0.2) is 4.80 Å². The molecule has 1 aliphatic rings. The maximum absolute atomic E-state index is 13.8. The molecule has 0 aliphatic carbocycles. The highest BCUT2D eigenvalue weighted by molar-refractivity contribution is 9.11. The number of nitrogens with zero attached hydrogens (tertiary/aromatic N) is 2. The lowest BCUT2D eigenvalue weighted by molar-refractivity contribution is -0.143. The molecule has 0 amide bonds. The van der Waals surface area contributed by atoms with Crippen LogP contribution in [-0.4, -0.2) is 23.8 Å². The lowest BCUT2D eigenvalue weighted by Crippen LogP contribution is -2.40. The lowest BCUT2D eigenvalue weighted by Gasteiger charge is -2.25. The standard InChI is InChI=1S/C29H24Br2N2O5S/c1-15(2)37-28(35)25-16(3)32-29-33(26(25)17-6-5-7-19(12-17)36-4)27(34)24(39-29)14-20-9-11-23(38-20)21-13-18(30)8-10-22(21)31/h5-15,26H,1-4H3/b24-14-/t26-/m0/s1. The van der Waals surface area contributed by atoms with Crippen LogP contribution < -0.4 is 19.6 Å². The first-order chi connectivity index (χ1) is 18.7. The van der Waals surface area contributed by atoms with Crippen LogP contribution in [0.5, 0.6) is 5.75 Å². The molecule has 4 aromatic rings. The summed E-state index contributed by atoms with van der Waals surface area (Å²) in [5, 5.41) is 0. The fourth-order valence-electron chi connectivity index (χ4n) is 4.38. The van der Waals surface area contributed by atoms with Crippen molar-refractivity contribution in [2.75, 3.05) is 7.11 Å². The number of aromatic nitrogens is 1. The van der Waals surface area contributed by atoms with Gasteiger partial charge >= 0.3 is 5.97 Å². The maximum atomic E-state index is 13.8. The van der Waals surface area contributed by atoms with Gasteiger partial charge in [-0.3, -0.25) is 9.36 Å². The largest absolute Gasteiger partial charge is 0.497 e. The average molecular weight is 672 g/mol. The molecule has 3 heterocycles. The van der Waals surface area contributed by atoms with Crippen molar-refractivity contribution in [3.8, 4) is 17.1 Å². The number of allylic oxidation sites excluding steroid dienone is 1. The molecule has 1 atom stereocenters. The Morgan fingerprint density at radius 1 is 1.15 bits per heavy atom. The molecular formula is C29H24Br2N2O5S. The maximum Gasteiger partial charge on any atom is 0.338 e. The Morgan fingerprint density at radius 2 is 1.95 bits per heavy atom. The van der Waals surface area contributed by atoms with Crippen LogP contribution >= 0.6 is 43.2 Å². The third-order valence-electron chi connectivity index (χ3n) is 6.09. The second-order valence-corrected chi connectivity index (χ2v) is 11.9. The minimum atomic E-state index is -0.727. The molecule has 0 bridgehead atoms. The van der Waals surface area contributed by atoms with E-state index < -0.39 is 12.0 Å². The molecule has 0 radical (unpaired) electrons. The molecule has 10 heteroatoms. The molecule has 0 N–H and O–H groups in total. The highest BCUT2D eigenvalue weighted by Crippen LogP contribution is 2.34. The molecule has 2 aromatic carbocycles. The van der Waals surface area contributed by atoms with Crippen molar-refractivity contribution in [2.45, 2.75) is 32.9 Å². The zero-order valence-electron chi connectivity index (χ0n) is 21.5. The topological polar surface area (TPSA) is 83.0 Å². The van der Waals surface area contributed by atoms with Gasteiger partial charge < -0.3 is 13.9 Å². The summed E-state index contributed by atoms with van der Waals surface area (Å²) < 4.78 is 20.9. The quantitative estimate of drug-likeness (QED) is 0.236. The van der Waals surface area contributed by atoms with Gasteiger partial charge in [0.2, 0.25) is 0 Å². The number of hydrogen-bond donors (Lipinski definition) is 0. The number of benzene rings is 2. The van der Waals surface area contributed by atoms with Crippen molar-refractivity contribution in [1.29, 1.82) is 0 Å². The van der Waals surface area contributed by atoms with Crippen LogP contribution in [0, 0.1) is 0 Å². The fourth-order valence-corrected chi connectivity index (χ4v) is 6.21. The second kappa shape index (κ2) is 11.1. The number of thiazole rings is 1. The molecule has 2 aromatic heterocycles. The van der Waals surface area contributed by atoms with Crippen LogP contribution in [-0.2, 0) is 9.53 Å².